The predicted molar refractivity (Wildman–Crippen MR) is 130 cm³/mol. The first-order valence-corrected chi connectivity index (χ1v) is 11.2. The summed E-state index contributed by atoms with van der Waals surface area (Å²) in [6.45, 7) is 1.36. The summed E-state index contributed by atoms with van der Waals surface area (Å²) in [6.07, 6.45) is 0. The van der Waals surface area contributed by atoms with Crippen LogP contribution in [0.2, 0.25) is 0 Å². The zero-order valence-corrected chi connectivity index (χ0v) is 19.1. The molecule has 1 heterocycles. The molecule has 0 unspecified atom stereocenters. The number of esters is 1. The van der Waals surface area contributed by atoms with E-state index in [1.165, 1.54) is 18.2 Å². The standard InChI is InChI=1S/C27H19N3O6/c1-2-30-26(34)20-10-6-3-7-16(20)23(29-30)27(35)36-14-22(31)28-15-11-12-19-21(13-15)25(33)18-9-5-4-8-17(18)24(19)32/h3-13H,2,14H2,1H3,(H,28,31). The van der Waals surface area contributed by atoms with Gasteiger partial charge in [-0.05, 0) is 31.2 Å². The van der Waals surface area contributed by atoms with Crippen molar-refractivity contribution in [2.24, 2.45) is 0 Å². The second-order valence-electron chi connectivity index (χ2n) is 8.10. The van der Waals surface area contributed by atoms with E-state index in [1.54, 1.807) is 55.5 Å². The van der Waals surface area contributed by atoms with Gasteiger partial charge in [0.15, 0.2) is 23.9 Å². The lowest BCUT2D eigenvalue weighted by Gasteiger charge is -2.18. The second kappa shape index (κ2) is 9.03. The third-order valence-corrected chi connectivity index (χ3v) is 5.90. The molecule has 4 aromatic rings. The molecule has 178 valence electrons. The Balaban J connectivity index is 1.32. The molecule has 0 saturated carbocycles. The smallest absolute Gasteiger partial charge is 0.359 e. The number of rotatable bonds is 5. The Kier molecular flexibility index (Phi) is 5.73. The van der Waals surface area contributed by atoms with Gasteiger partial charge in [-0.25, -0.2) is 9.48 Å². The molecule has 9 nitrogen and oxygen atoms in total. The van der Waals surface area contributed by atoms with Crippen LogP contribution in [0.15, 0.2) is 71.5 Å². The molecule has 1 N–H and O–H groups in total. The van der Waals surface area contributed by atoms with Crippen LogP contribution < -0.4 is 10.9 Å². The van der Waals surface area contributed by atoms with Crippen LogP contribution in [0.25, 0.3) is 10.8 Å². The maximum atomic E-state index is 12.9. The van der Waals surface area contributed by atoms with Gasteiger partial charge in [-0.3, -0.25) is 19.2 Å². The minimum absolute atomic E-state index is 0.0728. The lowest BCUT2D eigenvalue weighted by atomic mass is 9.84. The number of hydrogen-bond donors (Lipinski definition) is 1. The Morgan fingerprint density at radius 1 is 0.833 bits per heavy atom. The Morgan fingerprint density at radius 3 is 2.14 bits per heavy atom. The quantitative estimate of drug-likeness (QED) is 0.383. The zero-order valence-electron chi connectivity index (χ0n) is 19.1. The number of benzene rings is 3. The van der Waals surface area contributed by atoms with Gasteiger partial charge in [-0.15, -0.1) is 0 Å². The summed E-state index contributed by atoms with van der Waals surface area (Å²) in [5, 5.41) is 7.31. The topological polar surface area (TPSA) is 124 Å². The highest BCUT2D eigenvalue weighted by Crippen LogP contribution is 2.29. The first kappa shape index (κ1) is 22.9. The number of carbonyl (C=O) groups is 4. The number of nitrogens with zero attached hydrogens (tertiary/aromatic N) is 2. The van der Waals surface area contributed by atoms with Crippen molar-refractivity contribution in [3.63, 3.8) is 0 Å². The van der Waals surface area contributed by atoms with E-state index in [-0.39, 0.29) is 46.2 Å². The van der Waals surface area contributed by atoms with Crippen molar-refractivity contribution in [3.05, 3.63) is 105 Å². The van der Waals surface area contributed by atoms with Crippen LogP contribution >= 0.6 is 0 Å². The van der Waals surface area contributed by atoms with Crippen LogP contribution in [0.5, 0.6) is 0 Å². The number of amides is 1. The predicted octanol–water partition coefficient (Wildman–Crippen LogP) is 2.99. The van der Waals surface area contributed by atoms with E-state index >= 15 is 0 Å². The minimum Gasteiger partial charge on any atom is -0.451 e. The van der Waals surface area contributed by atoms with Crippen molar-refractivity contribution in [1.29, 1.82) is 0 Å². The number of anilines is 1. The number of carbonyl (C=O) groups excluding carboxylic acids is 4. The van der Waals surface area contributed by atoms with Crippen molar-refractivity contribution in [3.8, 4) is 0 Å². The summed E-state index contributed by atoms with van der Waals surface area (Å²) in [7, 11) is 0. The van der Waals surface area contributed by atoms with E-state index < -0.39 is 18.5 Å². The normalized spacial score (nSPS) is 12.1. The summed E-state index contributed by atoms with van der Waals surface area (Å²) in [6, 6.07) is 17.5. The van der Waals surface area contributed by atoms with Gasteiger partial charge in [-0.2, -0.15) is 5.10 Å². The van der Waals surface area contributed by atoms with Crippen molar-refractivity contribution < 1.29 is 23.9 Å². The van der Waals surface area contributed by atoms with Crippen LogP contribution in [-0.2, 0) is 16.1 Å². The van der Waals surface area contributed by atoms with Gasteiger partial charge < -0.3 is 10.1 Å². The number of aryl methyl sites for hydroxylation is 1. The average Bonchev–Trinajstić information content (AvgIpc) is 2.90. The fraction of sp³-hybridized carbons (Fsp3) is 0.111. The number of ketones is 2. The lowest BCUT2D eigenvalue weighted by Crippen LogP contribution is -2.27. The summed E-state index contributed by atoms with van der Waals surface area (Å²) >= 11 is 0. The summed E-state index contributed by atoms with van der Waals surface area (Å²) < 4.78 is 6.31. The van der Waals surface area contributed by atoms with Crippen molar-refractivity contribution in [1.82, 2.24) is 9.78 Å². The van der Waals surface area contributed by atoms with E-state index in [0.29, 0.717) is 21.9 Å². The van der Waals surface area contributed by atoms with E-state index in [9.17, 15) is 24.0 Å². The molecule has 0 atom stereocenters. The van der Waals surface area contributed by atoms with E-state index in [0.717, 1.165) is 4.68 Å². The van der Waals surface area contributed by atoms with Gasteiger partial charge in [-0.1, -0.05) is 42.5 Å². The zero-order chi connectivity index (χ0) is 25.4. The van der Waals surface area contributed by atoms with Gasteiger partial charge in [0.25, 0.3) is 11.5 Å². The second-order valence-corrected chi connectivity index (χ2v) is 8.10. The van der Waals surface area contributed by atoms with Gasteiger partial charge in [0, 0.05) is 39.9 Å². The summed E-state index contributed by atoms with van der Waals surface area (Å²) in [5.41, 5.74) is 0.966. The summed E-state index contributed by atoms with van der Waals surface area (Å²) in [5.74, 6) is -2.08. The maximum Gasteiger partial charge on any atom is 0.359 e. The molecular formula is C27H19N3O6. The largest absolute Gasteiger partial charge is 0.451 e. The third kappa shape index (κ3) is 3.86. The first-order chi connectivity index (χ1) is 17.4. The Bertz CT molecular complexity index is 1650. The molecule has 0 spiro atoms. The molecule has 36 heavy (non-hydrogen) atoms. The van der Waals surface area contributed by atoms with Crippen LogP contribution in [0.3, 0.4) is 0 Å². The fourth-order valence-corrected chi connectivity index (χ4v) is 4.17. The van der Waals surface area contributed by atoms with E-state index in [2.05, 4.69) is 10.4 Å². The van der Waals surface area contributed by atoms with Crippen LogP contribution in [0.1, 0.15) is 49.3 Å². The third-order valence-electron chi connectivity index (χ3n) is 5.90. The molecule has 9 heteroatoms. The fourth-order valence-electron chi connectivity index (χ4n) is 4.17. The summed E-state index contributed by atoms with van der Waals surface area (Å²) in [4.78, 5) is 63.3. The molecule has 1 aromatic heterocycles. The highest BCUT2D eigenvalue weighted by molar-refractivity contribution is 6.28. The Labute approximate surface area is 204 Å². The minimum atomic E-state index is -0.855. The number of hydrogen-bond acceptors (Lipinski definition) is 7. The van der Waals surface area contributed by atoms with Gasteiger partial charge in [0.1, 0.15) is 0 Å². The number of nitrogens with one attached hydrogen (secondary N) is 1. The van der Waals surface area contributed by atoms with Crippen LogP contribution in [0.4, 0.5) is 5.69 Å². The monoisotopic (exact) mass is 481 g/mol. The molecule has 0 saturated heterocycles. The van der Waals surface area contributed by atoms with E-state index in [4.69, 9.17) is 4.74 Å². The van der Waals surface area contributed by atoms with E-state index in [1.807, 2.05) is 0 Å². The molecule has 5 rings (SSSR count). The highest BCUT2D eigenvalue weighted by atomic mass is 16.5. The molecule has 3 aromatic carbocycles. The maximum absolute atomic E-state index is 12.9. The molecule has 0 bridgehead atoms. The van der Waals surface area contributed by atoms with Crippen molar-refractivity contribution in [2.45, 2.75) is 13.5 Å². The molecule has 0 radical (unpaired) electrons. The number of ether oxygens (including phenoxy) is 1. The van der Waals surface area contributed by atoms with Crippen molar-refractivity contribution >= 4 is 39.9 Å². The molecule has 1 aliphatic rings. The molecule has 0 aliphatic heterocycles. The Hall–Kier alpha value is -4.92. The number of fused-ring (bicyclic) bond motifs is 3. The van der Waals surface area contributed by atoms with Crippen LogP contribution in [0, 0.1) is 0 Å². The van der Waals surface area contributed by atoms with Crippen molar-refractivity contribution in [2.75, 3.05) is 11.9 Å². The van der Waals surface area contributed by atoms with Crippen LogP contribution in [-0.4, -0.2) is 39.8 Å². The lowest BCUT2D eigenvalue weighted by molar-refractivity contribution is -0.119. The molecule has 1 amide bonds. The first-order valence-electron chi connectivity index (χ1n) is 11.2. The highest BCUT2D eigenvalue weighted by Gasteiger charge is 2.29. The Morgan fingerprint density at radius 2 is 1.44 bits per heavy atom. The number of aromatic nitrogens is 2. The SMILES string of the molecule is CCn1nc(C(=O)OCC(=O)Nc2ccc3c(c2)C(=O)c2ccccc2C3=O)c2ccccc2c1=O. The molecular weight excluding hydrogens is 462 g/mol. The van der Waals surface area contributed by atoms with Gasteiger partial charge in [0.2, 0.25) is 0 Å². The van der Waals surface area contributed by atoms with Gasteiger partial charge in [0.05, 0.1) is 5.39 Å². The molecule has 1 aliphatic carbocycles. The van der Waals surface area contributed by atoms with Gasteiger partial charge >= 0.3 is 5.97 Å². The average molecular weight is 481 g/mol. The molecule has 0 fully saturated rings.